The van der Waals surface area contributed by atoms with E-state index in [1.54, 1.807) is 60.7 Å². The van der Waals surface area contributed by atoms with Gasteiger partial charge in [0.15, 0.2) is 0 Å². The van der Waals surface area contributed by atoms with Crippen LogP contribution in [0.5, 0.6) is 0 Å². The first-order valence-corrected chi connectivity index (χ1v) is 15.9. The van der Waals surface area contributed by atoms with Gasteiger partial charge in [0.1, 0.15) is 12.1 Å². The van der Waals surface area contributed by atoms with E-state index in [0.717, 1.165) is 0 Å². The summed E-state index contributed by atoms with van der Waals surface area (Å²) >= 11 is 0. The summed E-state index contributed by atoms with van der Waals surface area (Å²) in [6.45, 7) is 0.900. The van der Waals surface area contributed by atoms with Crippen molar-refractivity contribution >= 4 is 12.0 Å². The maximum atomic E-state index is 14.1. The molecule has 49 heavy (non-hydrogen) atoms. The Hall–Kier alpha value is -4.57. The van der Waals surface area contributed by atoms with Crippen molar-refractivity contribution in [3.63, 3.8) is 0 Å². The van der Waals surface area contributed by atoms with Crippen LogP contribution in [0.2, 0.25) is 0 Å². The number of carbonyl (C=O) groups is 2. The molecule has 2 heterocycles. The van der Waals surface area contributed by atoms with Crippen molar-refractivity contribution in [2.24, 2.45) is 0 Å². The number of hydrogen-bond donors (Lipinski definition) is 0. The van der Waals surface area contributed by atoms with Gasteiger partial charge < -0.3 is 14.4 Å². The predicted octanol–water partition coefficient (Wildman–Crippen LogP) is 8.40. The second-order valence-corrected chi connectivity index (χ2v) is 12.5. The normalized spacial score (nSPS) is 22.4. The second-order valence-electron chi connectivity index (χ2n) is 12.5. The lowest BCUT2D eigenvalue weighted by Gasteiger charge is -2.54. The minimum atomic E-state index is -5.05. The number of carbonyl (C=O) groups excluding carboxylic acids is 2. The lowest BCUT2D eigenvalue weighted by atomic mass is 9.74. The number of rotatable bonds is 8. The number of hydrogen-bond acceptors (Lipinski definition) is 5. The molecule has 0 saturated carbocycles. The highest BCUT2D eigenvalue weighted by Crippen LogP contribution is 2.46. The molecule has 7 nitrogen and oxygen atoms in total. The van der Waals surface area contributed by atoms with Crippen molar-refractivity contribution in [2.45, 2.75) is 75.2 Å². The third kappa shape index (κ3) is 7.69. The van der Waals surface area contributed by atoms with Crippen LogP contribution in [0.4, 0.5) is 31.1 Å². The maximum absolute atomic E-state index is 14.1. The molecule has 0 aromatic heterocycles. The summed E-state index contributed by atoms with van der Waals surface area (Å²) in [7, 11) is 0. The molecule has 0 bridgehead atoms. The molecule has 13 heteroatoms. The number of ether oxygens (including phenoxy) is 2. The van der Waals surface area contributed by atoms with Crippen molar-refractivity contribution in [1.82, 2.24) is 9.80 Å². The number of piperidine rings is 2. The van der Waals surface area contributed by atoms with Crippen LogP contribution >= 0.6 is 0 Å². The van der Waals surface area contributed by atoms with Crippen molar-refractivity contribution in [1.29, 1.82) is 5.26 Å². The third-order valence-corrected chi connectivity index (χ3v) is 9.32. The Morgan fingerprint density at radius 2 is 1.53 bits per heavy atom. The Morgan fingerprint density at radius 3 is 2.10 bits per heavy atom. The first-order chi connectivity index (χ1) is 23.2. The van der Waals surface area contributed by atoms with E-state index in [-0.39, 0.29) is 56.6 Å². The molecular weight excluding hydrogens is 652 g/mol. The first kappa shape index (κ1) is 35.7. The number of halogens is 6. The standard InChI is InChI=1S/C36H35F6N3O4/c1-25(27-18-29(35(37,38)39)20-30(19-27)36(40,41)42)49-24-34(28-12-6-3-7-13-28)16-15-33(22-43,44-17-9-8-14-31(44)46)23-45(34)32(47)48-21-26-10-4-2-5-11-26/h2-7,10-13,18-20,25H,8-9,14-17,21,23-24H2,1H3/t25-,33-,34-/m1/s1. The molecule has 0 spiro atoms. The quantitative estimate of drug-likeness (QED) is 0.222. The molecule has 0 N–H and O–H groups in total. The number of nitrogens with zero attached hydrogens (tertiary/aromatic N) is 3. The number of nitriles is 1. The van der Waals surface area contributed by atoms with E-state index in [2.05, 4.69) is 6.07 Å². The molecule has 3 atom stereocenters. The van der Waals surface area contributed by atoms with Gasteiger partial charge in [-0.1, -0.05) is 60.7 Å². The summed E-state index contributed by atoms with van der Waals surface area (Å²) in [5.41, 5.74) is -4.85. The number of benzene rings is 3. The van der Waals surface area contributed by atoms with Gasteiger partial charge in [0.05, 0.1) is 42.0 Å². The van der Waals surface area contributed by atoms with E-state index in [1.807, 2.05) is 0 Å². The largest absolute Gasteiger partial charge is 0.445 e. The van der Waals surface area contributed by atoms with Crippen LogP contribution < -0.4 is 0 Å². The monoisotopic (exact) mass is 687 g/mol. The fourth-order valence-electron chi connectivity index (χ4n) is 6.56. The molecule has 260 valence electrons. The van der Waals surface area contributed by atoms with Crippen LogP contribution in [0, 0.1) is 11.3 Å². The average molecular weight is 688 g/mol. The molecule has 0 radical (unpaired) electrons. The van der Waals surface area contributed by atoms with E-state index in [0.29, 0.717) is 42.6 Å². The van der Waals surface area contributed by atoms with E-state index < -0.39 is 46.8 Å². The van der Waals surface area contributed by atoms with Crippen LogP contribution in [0.3, 0.4) is 0 Å². The molecule has 2 aliphatic heterocycles. The molecule has 3 aromatic carbocycles. The highest BCUT2D eigenvalue weighted by molar-refractivity contribution is 5.79. The van der Waals surface area contributed by atoms with Crippen molar-refractivity contribution < 1.29 is 45.4 Å². The summed E-state index contributed by atoms with van der Waals surface area (Å²) in [6.07, 6.45) is -10.4. The van der Waals surface area contributed by atoms with Crippen molar-refractivity contribution in [3.05, 3.63) is 107 Å². The molecule has 2 saturated heterocycles. The summed E-state index contributed by atoms with van der Waals surface area (Å²) in [4.78, 5) is 30.1. The third-order valence-electron chi connectivity index (χ3n) is 9.32. The first-order valence-electron chi connectivity index (χ1n) is 15.9. The highest BCUT2D eigenvalue weighted by Gasteiger charge is 2.55. The van der Waals surface area contributed by atoms with Crippen molar-refractivity contribution in [3.8, 4) is 6.07 Å². The fraction of sp³-hybridized carbons (Fsp3) is 0.417. The summed E-state index contributed by atoms with van der Waals surface area (Å²) in [6, 6.07) is 21.1. The fourth-order valence-corrected chi connectivity index (χ4v) is 6.56. The Labute approximate surface area is 280 Å². The topological polar surface area (TPSA) is 82.9 Å². The molecule has 2 amide bonds. The molecule has 2 fully saturated rings. The Balaban J connectivity index is 1.54. The van der Waals surface area contributed by atoms with Gasteiger partial charge in [0.25, 0.3) is 0 Å². The van der Waals surface area contributed by atoms with Gasteiger partial charge in [0.2, 0.25) is 5.91 Å². The molecule has 3 aromatic rings. The SMILES string of the molecule is C[C@@H](OC[C@@]1(c2ccccc2)CC[C@](C#N)(N2CCCCC2=O)CN1C(=O)OCc1ccccc1)c1cc(C(F)(F)F)cc(C(F)(F)F)c1. The van der Waals surface area contributed by atoms with Gasteiger partial charge in [-0.25, -0.2) is 4.79 Å². The van der Waals surface area contributed by atoms with Crippen LogP contribution in [-0.4, -0.2) is 47.0 Å². The summed E-state index contributed by atoms with van der Waals surface area (Å²) in [5.74, 6) is -0.215. The number of likely N-dealkylation sites (tertiary alicyclic amines) is 2. The minimum Gasteiger partial charge on any atom is -0.445 e. The number of alkyl halides is 6. The zero-order chi connectivity index (χ0) is 35.5. The van der Waals surface area contributed by atoms with Gasteiger partial charge >= 0.3 is 18.4 Å². The smallest absolute Gasteiger partial charge is 0.416 e. The molecule has 0 unspecified atom stereocenters. The second kappa shape index (κ2) is 14.1. The van der Waals surface area contributed by atoms with Gasteiger partial charge in [0, 0.05) is 13.0 Å². The summed E-state index contributed by atoms with van der Waals surface area (Å²) < 4.78 is 93.9. The van der Waals surface area contributed by atoms with Crippen LogP contribution in [0.1, 0.15) is 72.9 Å². The van der Waals surface area contributed by atoms with Gasteiger partial charge in [-0.3, -0.25) is 9.69 Å². The lowest BCUT2D eigenvalue weighted by Crippen LogP contribution is -2.67. The van der Waals surface area contributed by atoms with Crippen molar-refractivity contribution in [2.75, 3.05) is 19.7 Å². The van der Waals surface area contributed by atoms with Crippen LogP contribution in [-0.2, 0) is 38.8 Å². The minimum absolute atomic E-state index is 0.0522. The maximum Gasteiger partial charge on any atom is 0.416 e. The van der Waals surface area contributed by atoms with E-state index in [1.165, 1.54) is 16.7 Å². The lowest BCUT2D eigenvalue weighted by molar-refractivity contribution is -0.144. The molecular formula is C36H35F6N3O4. The van der Waals surface area contributed by atoms with E-state index in [9.17, 15) is 41.2 Å². The number of amides is 2. The van der Waals surface area contributed by atoms with Crippen LogP contribution in [0.25, 0.3) is 0 Å². The Morgan fingerprint density at radius 1 is 0.918 bits per heavy atom. The molecule has 5 rings (SSSR count). The van der Waals surface area contributed by atoms with E-state index in [4.69, 9.17) is 9.47 Å². The summed E-state index contributed by atoms with van der Waals surface area (Å²) in [5, 5.41) is 10.6. The van der Waals surface area contributed by atoms with Gasteiger partial charge in [-0.15, -0.1) is 0 Å². The molecule has 0 aliphatic carbocycles. The predicted molar refractivity (Wildman–Crippen MR) is 165 cm³/mol. The van der Waals surface area contributed by atoms with Gasteiger partial charge in [-0.2, -0.15) is 31.6 Å². The zero-order valence-electron chi connectivity index (χ0n) is 26.7. The average Bonchev–Trinajstić information content (AvgIpc) is 3.09. The Bertz CT molecular complexity index is 1650. The van der Waals surface area contributed by atoms with E-state index >= 15 is 0 Å². The Kier molecular flexibility index (Phi) is 10.3. The van der Waals surface area contributed by atoms with Crippen LogP contribution in [0.15, 0.2) is 78.9 Å². The molecule has 2 aliphatic rings. The zero-order valence-corrected chi connectivity index (χ0v) is 26.7. The van der Waals surface area contributed by atoms with Gasteiger partial charge in [-0.05, 0) is 67.5 Å². The highest BCUT2D eigenvalue weighted by atomic mass is 19.4.